The van der Waals surface area contributed by atoms with Gasteiger partial charge in [-0.2, -0.15) is 10.2 Å². The number of rotatable bonds is 5. The van der Waals surface area contributed by atoms with Crippen LogP contribution in [0.25, 0.3) is 0 Å². The number of carbonyl (C=O) groups is 1. The monoisotopic (exact) mass is 423 g/mol. The second kappa shape index (κ2) is 9.61. The van der Waals surface area contributed by atoms with Crippen molar-refractivity contribution >= 4 is 11.8 Å². The third-order valence-corrected chi connectivity index (χ3v) is 4.72. The summed E-state index contributed by atoms with van der Waals surface area (Å²) in [7, 11) is 0. The van der Waals surface area contributed by atoms with E-state index in [9.17, 15) is 9.18 Å². The Balaban J connectivity index is 1.57. The molecule has 31 heavy (non-hydrogen) atoms. The predicted molar refractivity (Wildman–Crippen MR) is 115 cm³/mol. The van der Waals surface area contributed by atoms with Crippen LogP contribution in [0.4, 0.5) is 10.2 Å². The van der Waals surface area contributed by atoms with E-state index in [0.29, 0.717) is 11.4 Å². The molecule has 2 aromatic rings. The molecule has 0 bridgehead atoms. The number of esters is 1. The number of ether oxygens (including phenoxy) is 2. The third kappa shape index (κ3) is 6.54. The number of hydrogen-bond donors (Lipinski definition) is 0. The van der Waals surface area contributed by atoms with Crippen LogP contribution in [0.3, 0.4) is 0 Å². The molecule has 1 fully saturated rings. The normalized spacial score (nSPS) is 14.0. The average Bonchev–Trinajstić information content (AvgIpc) is 2.72. The summed E-state index contributed by atoms with van der Waals surface area (Å²) in [5.41, 5.74) is 1.20. The number of carbonyl (C=O) groups excluding carboxylic acids is 1. The molecule has 7 heteroatoms. The van der Waals surface area contributed by atoms with E-state index in [0.717, 1.165) is 37.3 Å². The zero-order valence-corrected chi connectivity index (χ0v) is 18.0. The molecular weight excluding hydrogens is 397 g/mol. The first kappa shape index (κ1) is 22.3. The number of pyridine rings is 1. The number of hydrogen-bond acceptors (Lipinski definition) is 6. The van der Waals surface area contributed by atoms with Crippen LogP contribution in [0.1, 0.15) is 44.7 Å². The molecule has 0 N–H and O–H groups in total. The maximum Gasteiger partial charge on any atom is 0.331 e. The van der Waals surface area contributed by atoms with Gasteiger partial charge in [-0.15, -0.1) is 0 Å². The maximum absolute atomic E-state index is 14.0. The molecule has 0 unspecified atom stereocenters. The summed E-state index contributed by atoms with van der Waals surface area (Å²) in [5, 5.41) is 8.83. The Hall–Kier alpha value is -3.40. The molecule has 0 radical (unpaired) electrons. The molecule has 1 aliphatic heterocycles. The lowest BCUT2D eigenvalue weighted by molar-refractivity contribution is -0.148. The van der Waals surface area contributed by atoms with Crippen molar-refractivity contribution in [2.75, 3.05) is 18.0 Å². The first-order chi connectivity index (χ1) is 14.7. The largest absolute Gasteiger partial charge is 0.473 e. The molecule has 1 aromatic heterocycles. The highest BCUT2D eigenvalue weighted by Gasteiger charge is 2.19. The van der Waals surface area contributed by atoms with E-state index < -0.39 is 11.4 Å². The zero-order chi connectivity index (χ0) is 22.4. The first-order valence-electron chi connectivity index (χ1n) is 10.2. The first-order valence-corrected chi connectivity index (χ1v) is 10.2. The van der Waals surface area contributed by atoms with Crippen molar-refractivity contribution in [2.24, 2.45) is 0 Å². The summed E-state index contributed by atoms with van der Waals surface area (Å²) < 4.78 is 25.0. The summed E-state index contributed by atoms with van der Waals surface area (Å²) in [5.74, 6) is 0.389. The van der Waals surface area contributed by atoms with E-state index in [4.69, 9.17) is 14.7 Å². The van der Waals surface area contributed by atoms with E-state index in [2.05, 4.69) is 9.88 Å². The third-order valence-electron chi connectivity index (χ3n) is 4.72. The highest BCUT2D eigenvalue weighted by molar-refractivity contribution is 5.83. The second-order valence-corrected chi connectivity index (χ2v) is 8.36. The minimum atomic E-state index is -0.500. The van der Waals surface area contributed by atoms with Crippen molar-refractivity contribution in [3.05, 3.63) is 65.0 Å². The number of halogens is 1. The SMILES string of the molecule is CC(C)(C)OC(=O)C=C1CCN(c2cccc(OCc3ccc(C#N)cc3F)n2)CC1. The minimum absolute atomic E-state index is 0.0246. The summed E-state index contributed by atoms with van der Waals surface area (Å²) >= 11 is 0. The highest BCUT2D eigenvalue weighted by Crippen LogP contribution is 2.24. The summed E-state index contributed by atoms with van der Waals surface area (Å²) in [4.78, 5) is 18.6. The van der Waals surface area contributed by atoms with Crippen LogP contribution in [0.5, 0.6) is 5.88 Å². The van der Waals surface area contributed by atoms with Crippen LogP contribution in [0.2, 0.25) is 0 Å². The van der Waals surface area contributed by atoms with Gasteiger partial charge in [0.25, 0.3) is 0 Å². The van der Waals surface area contributed by atoms with Gasteiger partial charge in [0, 0.05) is 30.8 Å². The van der Waals surface area contributed by atoms with E-state index in [1.165, 1.54) is 6.07 Å². The van der Waals surface area contributed by atoms with Gasteiger partial charge in [0.1, 0.15) is 23.8 Å². The van der Waals surface area contributed by atoms with Gasteiger partial charge in [-0.05, 0) is 51.8 Å². The topological polar surface area (TPSA) is 75.4 Å². The lowest BCUT2D eigenvalue weighted by Crippen LogP contribution is -2.31. The molecule has 162 valence electrons. The molecule has 6 nitrogen and oxygen atoms in total. The molecular formula is C24H26FN3O3. The fourth-order valence-corrected chi connectivity index (χ4v) is 3.21. The van der Waals surface area contributed by atoms with Gasteiger partial charge in [0.15, 0.2) is 0 Å². The molecule has 1 aromatic carbocycles. The van der Waals surface area contributed by atoms with Crippen molar-refractivity contribution < 1.29 is 18.7 Å². The zero-order valence-electron chi connectivity index (χ0n) is 18.0. The van der Waals surface area contributed by atoms with Crippen molar-refractivity contribution in [2.45, 2.75) is 45.8 Å². The molecule has 0 saturated carbocycles. The Morgan fingerprint density at radius 3 is 2.65 bits per heavy atom. The fraction of sp³-hybridized carbons (Fsp3) is 0.375. The smallest absolute Gasteiger partial charge is 0.331 e. The van der Waals surface area contributed by atoms with Crippen LogP contribution in [0.15, 0.2) is 48.0 Å². The van der Waals surface area contributed by atoms with Gasteiger partial charge in [-0.3, -0.25) is 0 Å². The Kier molecular flexibility index (Phi) is 6.91. The van der Waals surface area contributed by atoms with Gasteiger partial charge in [-0.25, -0.2) is 9.18 Å². The fourth-order valence-electron chi connectivity index (χ4n) is 3.21. The number of nitriles is 1. The summed E-state index contributed by atoms with van der Waals surface area (Å²) in [6.45, 7) is 7.04. The van der Waals surface area contributed by atoms with Gasteiger partial charge in [0.2, 0.25) is 5.88 Å². The number of anilines is 1. The van der Waals surface area contributed by atoms with Gasteiger partial charge >= 0.3 is 5.97 Å². The van der Waals surface area contributed by atoms with Crippen molar-refractivity contribution in [3.63, 3.8) is 0 Å². The van der Waals surface area contributed by atoms with Crippen LogP contribution in [-0.2, 0) is 16.1 Å². The van der Waals surface area contributed by atoms with Gasteiger partial charge < -0.3 is 14.4 Å². The number of aromatic nitrogens is 1. The molecule has 0 atom stereocenters. The molecule has 0 aliphatic carbocycles. The van der Waals surface area contributed by atoms with Crippen molar-refractivity contribution in [3.8, 4) is 11.9 Å². The lowest BCUT2D eigenvalue weighted by Gasteiger charge is -2.29. The molecule has 0 amide bonds. The average molecular weight is 423 g/mol. The highest BCUT2D eigenvalue weighted by atomic mass is 19.1. The molecule has 3 rings (SSSR count). The maximum atomic E-state index is 14.0. The summed E-state index contributed by atoms with van der Waals surface area (Å²) in [6, 6.07) is 11.7. The molecule has 1 saturated heterocycles. The Morgan fingerprint density at radius 1 is 1.26 bits per heavy atom. The number of nitrogens with zero attached hydrogens (tertiary/aromatic N) is 3. The van der Waals surface area contributed by atoms with Crippen molar-refractivity contribution in [1.29, 1.82) is 5.26 Å². The van der Waals surface area contributed by atoms with E-state index >= 15 is 0 Å². The van der Waals surface area contributed by atoms with E-state index in [1.807, 2.05) is 39.0 Å². The quantitative estimate of drug-likeness (QED) is 0.519. The van der Waals surface area contributed by atoms with Crippen LogP contribution in [-0.4, -0.2) is 29.6 Å². The van der Waals surface area contributed by atoms with Crippen LogP contribution >= 0.6 is 0 Å². The second-order valence-electron chi connectivity index (χ2n) is 8.36. The lowest BCUT2D eigenvalue weighted by atomic mass is 10.0. The summed E-state index contributed by atoms with van der Waals surface area (Å²) in [6.07, 6.45) is 3.10. The van der Waals surface area contributed by atoms with E-state index in [1.54, 1.807) is 24.3 Å². The molecule has 2 heterocycles. The van der Waals surface area contributed by atoms with Gasteiger partial charge in [-0.1, -0.05) is 17.7 Å². The minimum Gasteiger partial charge on any atom is -0.473 e. The number of piperidine rings is 1. The van der Waals surface area contributed by atoms with Crippen molar-refractivity contribution in [1.82, 2.24) is 4.98 Å². The van der Waals surface area contributed by atoms with Crippen LogP contribution < -0.4 is 9.64 Å². The number of benzene rings is 1. The van der Waals surface area contributed by atoms with Gasteiger partial charge in [0.05, 0.1) is 11.6 Å². The Morgan fingerprint density at radius 2 is 2.00 bits per heavy atom. The Labute approximate surface area is 181 Å². The van der Waals surface area contributed by atoms with E-state index in [-0.39, 0.29) is 18.1 Å². The molecule has 0 spiro atoms. The standard InChI is InChI=1S/C24H26FN3O3/c1-24(2,3)31-23(29)14-17-9-11-28(12-10-17)21-5-4-6-22(27-21)30-16-19-8-7-18(15-26)13-20(19)25/h4-8,13-14H,9-12,16H2,1-3H3. The van der Waals surface area contributed by atoms with Crippen LogP contribution in [0, 0.1) is 17.1 Å². The molecule has 1 aliphatic rings. The predicted octanol–water partition coefficient (Wildman–Crippen LogP) is 4.54. The Bertz CT molecular complexity index is 1010.